The van der Waals surface area contributed by atoms with Gasteiger partial charge in [-0.2, -0.15) is 0 Å². The highest BCUT2D eigenvalue weighted by Crippen LogP contribution is 2.34. The molecule has 4 heteroatoms. The van der Waals surface area contributed by atoms with E-state index >= 15 is 0 Å². The van der Waals surface area contributed by atoms with E-state index in [0.29, 0.717) is 19.6 Å². The smallest absolute Gasteiger partial charge is 0.313 e. The van der Waals surface area contributed by atoms with Gasteiger partial charge in [-0.15, -0.1) is 0 Å². The zero-order chi connectivity index (χ0) is 12.7. The molecule has 2 atom stereocenters. The summed E-state index contributed by atoms with van der Waals surface area (Å²) in [6.45, 7) is 5.46. The van der Waals surface area contributed by atoms with Crippen LogP contribution in [0.2, 0.25) is 0 Å². The third-order valence-electron chi connectivity index (χ3n) is 3.47. The number of hydrogen-bond donors (Lipinski definition) is 1. The first-order valence-electron chi connectivity index (χ1n) is 6.67. The molecular formula is C13H25NO3. The highest BCUT2D eigenvalue weighted by atomic mass is 16.5. The first kappa shape index (κ1) is 14.5. The van der Waals surface area contributed by atoms with Gasteiger partial charge in [-0.25, -0.2) is 0 Å². The van der Waals surface area contributed by atoms with Crippen molar-refractivity contribution < 1.29 is 14.3 Å². The van der Waals surface area contributed by atoms with Gasteiger partial charge in [0.25, 0.3) is 0 Å². The third kappa shape index (κ3) is 3.68. The molecule has 1 aliphatic heterocycles. The fraction of sp³-hybridized carbons (Fsp3) is 0.923. The number of carbonyl (C=O) groups is 1. The molecule has 0 aromatic carbocycles. The average molecular weight is 243 g/mol. The normalized spacial score (nSPS) is 23.4. The Morgan fingerprint density at radius 3 is 2.76 bits per heavy atom. The summed E-state index contributed by atoms with van der Waals surface area (Å²) < 4.78 is 10.8. The molecular weight excluding hydrogens is 218 g/mol. The predicted molar refractivity (Wildman–Crippen MR) is 66.6 cm³/mol. The van der Waals surface area contributed by atoms with Crippen molar-refractivity contribution in [3.63, 3.8) is 0 Å². The maximum absolute atomic E-state index is 12.1. The molecule has 0 bridgehead atoms. The minimum Gasteiger partial charge on any atom is -0.466 e. The van der Waals surface area contributed by atoms with Crippen molar-refractivity contribution in [3.05, 3.63) is 0 Å². The summed E-state index contributed by atoms with van der Waals surface area (Å²) >= 11 is 0. The lowest BCUT2D eigenvalue weighted by Gasteiger charge is -2.31. The lowest BCUT2D eigenvalue weighted by Crippen LogP contribution is -2.42. The highest BCUT2D eigenvalue weighted by Gasteiger charge is 2.40. The van der Waals surface area contributed by atoms with Crippen molar-refractivity contribution >= 4 is 5.97 Å². The summed E-state index contributed by atoms with van der Waals surface area (Å²) in [6.07, 6.45) is 4.71. The molecule has 100 valence electrons. The van der Waals surface area contributed by atoms with Gasteiger partial charge < -0.3 is 15.2 Å². The Labute approximate surface area is 104 Å². The Balaban J connectivity index is 2.70. The van der Waals surface area contributed by atoms with E-state index in [-0.39, 0.29) is 12.1 Å². The van der Waals surface area contributed by atoms with E-state index in [1.54, 1.807) is 0 Å². The number of nitrogens with two attached hydrogens (primary N) is 1. The Kier molecular flexibility index (Phi) is 5.92. The fourth-order valence-corrected chi connectivity index (χ4v) is 2.56. The van der Waals surface area contributed by atoms with Crippen LogP contribution in [-0.4, -0.2) is 31.8 Å². The van der Waals surface area contributed by atoms with Gasteiger partial charge in [-0.3, -0.25) is 4.79 Å². The molecule has 2 unspecified atom stereocenters. The van der Waals surface area contributed by atoms with Gasteiger partial charge in [-0.05, 0) is 32.6 Å². The van der Waals surface area contributed by atoms with Crippen molar-refractivity contribution in [2.24, 2.45) is 11.1 Å². The lowest BCUT2D eigenvalue weighted by atomic mass is 9.78. The van der Waals surface area contributed by atoms with Crippen LogP contribution in [0, 0.1) is 5.41 Å². The topological polar surface area (TPSA) is 61.5 Å². The highest BCUT2D eigenvalue weighted by molar-refractivity contribution is 5.77. The lowest BCUT2D eigenvalue weighted by molar-refractivity contribution is -0.157. The van der Waals surface area contributed by atoms with Gasteiger partial charge in [0.05, 0.1) is 18.1 Å². The minimum absolute atomic E-state index is 0.153. The summed E-state index contributed by atoms with van der Waals surface area (Å²) in [5, 5.41) is 0. The Bertz CT molecular complexity index is 239. The SMILES string of the molecule is CCCC(CN)(CC1CCCO1)C(=O)OCC. The van der Waals surface area contributed by atoms with Crippen LogP contribution in [0.1, 0.15) is 46.0 Å². The first-order valence-corrected chi connectivity index (χ1v) is 6.67. The van der Waals surface area contributed by atoms with E-state index in [1.807, 2.05) is 6.92 Å². The molecule has 0 aromatic rings. The second-order valence-electron chi connectivity index (χ2n) is 4.79. The van der Waals surface area contributed by atoms with Crippen LogP contribution in [0.3, 0.4) is 0 Å². The number of esters is 1. The molecule has 0 spiro atoms. The largest absolute Gasteiger partial charge is 0.466 e. The summed E-state index contributed by atoms with van der Waals surface area (Å²) in [5.41, 5.74) is 5.30. The molecule has 1 rings (SSSR count). The van der Waals surface area contributed by atoms with E-state index in [9.17, 15) is 4.79 Å². The third-order valence-corrected chi connectivity index (χ3v) is 3.47. The quantitative estimate of drug-likeness (QED) is 0.693. The number of carbonyl (C=O) groups excluding carboxylic acids is 1. The van der Waals surface area contributed by atoms with Gasteiger partial charge in [0.15, 0.2) is 0 Å². The van der Waals surface area contributed by atoms with Crippen LogP contribution in [0.25, 0.3) is 0 Å². The molecule has 1 fully saturated rings. The van der Waals surface area contributed by atoms with Crippen molar-refractivity contribution in [2.45, 2.75) is 52.1 Å². The summed E-state index contributed by atoms with van der Waals surface area (Å²) in [7, 11) is 0. The zero-order valence-corrected chi connectivity index (χ0v) is 11.0. The number of ether oxygens (including phenoxy) is 2. The molecule has 1 aliphatic rings. The zero-order valence-electron chi connectivity index (χ0n) is 11.0. The van der Waals surface area contributed by atoms with Gasteiger partial charge >= 0.3 is 5.97 Å². The Morgan fingerprint density at radius 1 is 1.53 bits per heavy atom. The molecule has 4 nitrogen and oxygen atoms in total. The second-order valence-corrected chi connectivity index (χ2v) is 4.79. The molecule has 17 heavy (non-hydrogen) atoms. The minimum atomic E-state index is -0.542. The van der Waals surface area contributed by atoms with E-state index in [0.717, 1.165) is 32.3 Å². The standard InChI is InChI=1S/C13H25NO3/c1-3-7-13(10-14,12(15)16-4-2)9-11-6-5-8-17-11/h11H,3-10,14H2,1-2H3. The van der Waals surface area contributed by atoms with E-state index in [4.69, 9.17) is 15.2 Å². The van der Waals surface area contributed by atoms with Gasteiger partial charge in [-0.1, -0.05) is 13.3 Å². The summed E-state index contributed by atoms with van der Waals surface area (Å²) in [5.74, 6) is -0.153. The molecule has 1 heterocycles. The molecule has 2 N–H and O–H groups in total. The molecule has 0 saturated carbocycles. The maximum Gasteiger partial charge on any atom is 0.313 e. The molecule has 1 saturated heterocycles. The van der Waals surface area contributed by atoms with Gasteiger partial charge in [0.1, 0.15) is 0 Å². The van der Waals surface area contributed by atoms with Gasteiger partial charge in [0.2, 0.25) is 0 Å². The van der Waals surface area contributed by atoms with Crippen LogP contribution < -0.4 is 5.73 Å². The fourth-order valence-electron chi connectivity index (χ4n) is 2.56. The van der Waals surface area contributed by atoms with E-state index in [1.165, 1.54) is 0 Å². The predicted octanol–water partition coefficient (Wildman–Crippen LogP) is 1.86. The van der Waals surface area contributed by atoms with Crippen LogP contribution in [0.5, 0.6) is 0 Å². The molecule has 0 aromatic heterocycles. The van der Waals surface area contributed by atoms with Gasteiger partial charge in [0, 0.05) is 13.2 Å². The van der Waals surface area contributed by atoms with E-state index < -0.39 is 5.41 Å². The van der Waals surface area contributed by atoms with Crippen LogP contribution in [-0.2, 0) is 14.3 Å². The first-order chi connectivity index (χ1) is 8.18. The van der Waals surface area contributed by atoms with Crippen LogP contribution in [0.15, 0.2) is 0 Å². The summed E-state index contributed by atoms with van der Waals surface area (Å²) in [6, 6.07) is 0. The maximum atomic E-state index is 12.1. The Hall–Kier alpha value is -0.610. The number of hydrogen-bond acceptors (Lipinski definition) is 4. The van der Waals surface area contributed by atoms with Crippen molar-refractivity contribution in [2.75, 3.05) is 19.8 Å². The van der Waals surface area contributed by atoms with Crippen molar-refractivity contribution in [1.82, 2.24) is 0 Å². The van der Waals surface area contributed by atoms with Crippen molar-refractivity contribution in [3.8, 4) is 0 Å². The van der Waals surface area contributed by atoms with Crippen LogP contribution in [0.4, 0.5) is 0 Å². The molecule has 0 aliphatic carbocycles. The number of rotatable bonds is 7. The van der Waals surface area contributed by atoms with Crippen LogP contribution >= 0.6 is 0 Å². The Morgan fingerprint density at radius 2 is 2.29 bits per heavy atom. The molecule has 0 amide bonds. The molecule has 0 radical (unpaired) electrons. The van der Waals surface area contributed by atoms with E-state index in [2.05, 4.69) is 6.92 Å². The monoisotopic (exact) mass is 243 g/mol. The second kappa shape index (κ2) is 6.97. The summed E-state index contributed by atoms with van der Waals surface area (Å²) in [4.78, 5) is 12.1. The average Bonchev–Trinajstić information content (AvgIpc) is 2.81. The van der Waals surface area contributed by atoms with Crippen molar-refractivity contribution in [1.29, 1.82) is 0 Å².